The highest BCUT2D eigenvalue weighted by molar-refractivity contribution is 5.68. The van der Waals surface area contributed by atoms with Gasteiger partial charge in [-0.1, -0.05) is 0 Å². The summed E-state index contributed by atoms with van der Waals surface area (Å²) in [6, 6.07) is 1.68. The fraction of sp³-hybridized carbons (Fsp3) is 0.739. The van der Waals surface area contributed by atoms with Crippen LogP contribution in [0.4, 0.5) is 15.4 Å². The van der Waals surface area contributed by atoms with Gasteiger partial charge in [-0.05, 0) is 84.1 Å². The number of nitrogens with zero attached hydrogens (tertiary/aromatic N) is 3. The molecular weight excluding hydrogens is 426 g/mol. The molecule has 33 heavy (non-hydrogen) atoms. The molecule has 10 nitrogen and oxygen atoms in total. The SMILES string of the molecule is CC(C)(C)OC(=O)N[C@H]1CC[C@H](N(C[C@H]2CC[C@H](n3ccc(N)nc3=O)CC2)C(=O)O)CC1. The molecule has 0 unspecified atom stereocenters. The van der Waals surface area contributed by atoms with E-state index < -0.39 is 17.8 Å². The molecule has 0 aromatic carbocycles. The molecule has 0 bridgehead atoms. The highest BCUT2D eigenvalue weighted by atomic mass is 16.6. The van der Waals surface area contributed by atoms with Crippen LogP contribution in [0.3, 0.4) is 0 Å². The van der Waals surface area contributed by atoms with Crippen molar-refractivity contribution in [1.29, 1.82) is 0 Å². The van der Waals surface area contributed by atoms with Crippen LogP contribution in [0.25, 0.3) is 0 Å². The topological polar surface area (TPSA) is 140 Å². The lowest BCUT2D eigenvalue weighted by atomic mass is 9.84. The van der Waals surface area contributed by atoms with Crippen molar-refractivity contribution in [3.63, 3.8) is 0 Å². The van der Waals surface area contributed by atoms with Gasteiger partial charge < -0.3 is 25.8 Å². The van der Waals surface area contributed by atoms with Crippen LogP contribution >= 0.6 is 0 Å². The van der Waals surface area contributed by atoms with E-state index in [0.29, 0.717) is 19.4 Å². The van der Waals surface area contributed by atoms with Gasteiger partial charge in [0, 0.05) is 30.9 Å². The first-order chi connectivity index (χ1) is 15.5. The van der Waals surface area contributed by atoms with Crippen molar-refractivity contribution < 1.29 is 19.4 Å². The van der Waals surface area contributed by atoms with E-state index in [2.05, 4.69) is 10.3 Å². The van der Waals surface area contributed by atoms with Crippen molar-refractivity contribution in [2.45, 2.75) is 95.9 Å². The number of anilines is 1. The Balaban J connectivity index is 1.48. The van der Waals surface area contributed by atoms with E-state index in [-0.39, 0.29) is 35.6 Å². The number of carbonyl (C=O) groups is 2. The van der Waals surface area contributed by atoms with Crippen LogP contribution < -0.4 is 16.7 Å². The summed E-state index contributed by atoms with van der Waals surface area (Å²) in [6.45, 7) is 5.98. The molecule has 0 saturated heterocycles. The average molecular weight is 464 g/mol. The first kappa shape index (κ1) is 24.9. The lowest BCUT2D eigenvalue weighted by Crippen LogP contribution is -2.48. The average Bonchev–Trinajstić information content (AvgIpc) is 2.72. The second kappa shape index (κ2) is 10.4. The first-order valence-corrected chi connectivity index (χ1v) is 11.9. The Morgan fingerprint density at radius 2 is 1.82 bits per heavy atom. The van der Waals surface area contributed by atoms with E-state index in [0.717, 1.165) is 38.5 Å². The number of hydrogen-bond acceptors (Lipinski definition) is 6. The molecule has 10 heteroatoms. The van der Waals surface area contributed by atoms with Gasteiger partial charge in [0.2, 0.25) is 0 Å². The maximum Gasteiger partial charge on any atom is 0.407 e. The van der Waals surface area contributed by atoms with Crippen molar-refractivity contribution in [3.05, 3.63) is 22.7 Å². The Bertz CT molecular complexity index is 880. The summed E-state index contributed by atoms with van der Waals surface area (Å²) in [5.41, 5.74) is 4.70. The fourth-order valence-electron chi connectivity index (χ4n) is 4.98. The molecule has 1 aromatic rings. The number of rotatable bonds is 5. The first-order valence-electron chi connectivity index (χ1n) is 11.9. The third-order valence-corrected chi connectivity index (χ3v) is 6.62. The van der Waals surface area contributed by atoms with Gasteiger partial charge in [-0.25, -0.2) is 14.4 Å². The lowest BCUT2D eigenvalue weighted by molar-refractivity contribution is 0.0466. The molecule has 2 aliphatic carbocycles. The maximum absolute atomic E-state index is 12.1. The molecule has 2 fully saturated rings. The smallest absolute Gasteiger partial charge is 0.407 e. The molecule has 184 valence electrons. The van der Waals surface area contributed by atoms with Crippen LogP contribution in [0.2, 0.25) is 0 Å². The summed E-state index contributed by atoms with van der Waals surface area (Å²) in [5.74, 6) is 0.491. The van der Waals surface area contributed by atoms with Crippen LogP contribution in [0.1, 0.15) is 78.2 Å². The highest BCUT2D eigenvalue weighted by Crippen LogP contribution is 2.33. The van der Waals surface area contributed by atoms with Crippen LogP contribution in [-0.4, -0.2) is 56.0 Å². The van der Waals surface area contributed by atoms with Gasteiger partial charge in [-0.2, -0.15) is 4.98 Å². The van der Waals surface area contributed by atoms with E-state index in [1.54, 1.807) is 21.7 Å². The summed E-state index contributed by atoms with van der Waals surface area (Å²) >= 11 is 0. The Kier molecular flexibility index (Phi) is 7.86. The number of nitrogen functional groups attached to an aromatic ring is 1. The fourth-order valence-corrected chi connectivity index (χ4v) is 4.98. The summed E-state index contributed by atoms with van der Waals surface area (Å²) in [4.78, 5) is 41.5. The van der Waals surface area contributed by atoms with Crippen molar-refractivity contribution >= 4 is 18.0 Å². The monoisotopic (exact) mass is 463 g/mol. The predicted octanol–water partition coefficient (Wildman–Crippen LogP) is 3.37. The van der Waals surface area contributed by atoms with Crippen molar-refractivity contribution in [1.82, 2.24) is 19.8 Å². The highest BCUT2D eigenvalue weighted by Gasteiger charge is 2.33. The number of aromatic nitrogens is 2. The normalized spacial score (nSPS) is 25.8. The molecule has 1 aromatic heterocycles. The zero-order valence-corrected chi connectivity index (χ0v) is 19.8. The zero-order valence-electron chi connectivity index (χ0n) is 19.8. The summed E-state index contributed by atoms with van der Waals surface area (Å²) in [5, 5.41) is 12.8. The standard InChI is InChI=1S/C23H37N5O5/c1-23(2,3)33-21(30)25-16-6-10-18(11-7-16)28(22(31)32)14-15-4-8-17(9-5-15)27-13-12-19(24)26-20(27)29/h12-13,15-18H,4-11,14H2,1-3H3,(H,25,30)(H,31,32)(H2,24,26,29)/t15-,16-,17-,18-. The molecular formula is C23H37N5O5. The Morgan fingerprint density at radius 1 is 1.18 bits per heavy atom. The van der Waals surface area contributed by atoms with Gasteiger partial charge in [0.15, 0.2) is 0 Å². The summed E-state index contributed by atoms with van der Waals surface area (Å²) in [7, 11) is 0. The quantitative estimate of drug-likeness (QED) is 0.608. The Morgan fingerprint density at radius 3 is 2.36 bits per heavy atom. The second-order valence-electron chi connectivity index (χ2n) is 10.3. The van der Waals surface area contributed by atoms with Gasteiger partial charge in [-0.15, -0.1) is 0 Å². The molecule has 0 spiro atoms. The van der Waals surface area contributed by atoms with Gasteiger partial charge in [-0.3, -0.25) is 4.57 Å². The molecule has 2 amide bonds. The van der Waals surface area contributed by atoms with Crippen molar-refractivity contribution in [3.8, 4) is 0 Å². The van der Waals surface area contributed by atoms with E-state index in [1.165, 1.54) is 0 Å². The molecule has 2 saturated carbocycles. The third kappa shape index (κ3) is 7.10. The Hall–Kier alpha value is -2.78. The Labute approximate surface area is 194 Å². The summed E-state index contributed by atoms with van der Waals surface area (Å²) < 4.78 is 6.96. The molecule has 2 aliphatic rings. The molecule has 0 aliphatic heterocycles. The molecule has 1 heterocycles. The van der Waals surface area contributed by atoms with E-state index >= 15 is 0 Å². The number of alkyl carbamates (subject to hydrolysis) is 1. The summed E-state index contributed by atoms with van der Waals surface area (Å²) in [6.07, 6.45) is 6.63. The number of nitrogens with one attached hydrogen (secondary N) is 1. The number of carboxylic acid groups (broad SMARTS) is 1. The number of nitrogens with two attached hydrogens (primary N) is 1. The van der Waals surface area contributed by atoms with Gasteiger partial charge in [0.25, 0.3) is 0 Å². The van der Waals surface area contributed by atoms with Gasteiger partial charge >= 0.3 is 17.9 Å². The minimum absolute atomic E-state index is 0.00835. The number of ether oxygens (including phenoxy) is 1. The minimum Gasteiger partial charge on any atom is -0.465 e. The number of amides is 2. The third-order valence-electron chi connectivity index (χ3n) is 6.62. The lowest BCUT2D eigenvalue weighted by Gasteiger charge is -2.39. The van der Waals surface area contributed by atoms with Crippen LogP contribution in [-0.2, 0) is 4.74 Å². The van der Waals surface area contributed by atoms with Gasteiger partial charge in [0.05, 0.1) is 0 Å². The van der Waals surface area contributed by atoms with Gasteiger partial charge in [0.1, 0.15) is 11.4 Å². The van der Waals surface area contributed by atoms with Crippen molar-refractivity contribution in [2.75, 3.05) is 12.3 Å². The molecule has 0 atom stereocenters. The van der Waals surface area contributed by atoms with E-state index in [4.69, 9.17) is 10.5 Å². The molecule has 4 N–H and O–H groups in total. The van der Waals surface area contributed by atoms with Crippen LogP contribution in [0.15, 0.2) is 17.1 Å². The largest absolute Gasteiger partial charge is 0.465 e. The molecule has 0 radical (unpaired) electrons. The second-order valence-corrected chi connectivity index (χ2v) is 10.3. The molecule has 3 rings (SSSR count). The van der Waals surface area contributed by atoms with Crippen LogP contribution in [0, 0.1) is 5.92 Å². The number of carbonyl (C=O) groups excluding carboxylic acids is 1. The van der Waals surface area contributed by atoms with E-state index in [1.807, 2.05) is 20.8 Å². The van der Waals surface area contributed by atoms with Crippen molar-refractivity contribution in [2.24, 2.45) is 5.92 Å². The van der Waals surface area contributed by atoms with Crippen LogP contribution in [0.5, 0.6) is 0 Å². The zero-order chi connectivity index (χ0) is 24.2. The van der Waals surface area contributed by atoms with E-state index in [9.17, 15) is 19.5 Å². The number of hydrogen-bond donors (Lipinski definition) is 3. The maximum atomic E-state index is 12.1. The minimum atomic E-state index is -0.889. The predicted molar refractivity (Wildman–Crippen MR) is 124 cm³/mol.